The van der Waals surface area contributed by atoms with Gasteiger partial charge in [0.15, 0.2) is 0 Å². The summed E-state index contributed by atoms with van der Waals surface area (Å²) in [5.41, 5.74) is 7.07. The van der Waals surface area contributed by atoms with Gasteiger partial charge in [-0.05, 0) is 0 Å². The summed E-state index contributed by atoms with van der Waals surface area (Å²) in [4.78, 5) is 18.8. The quantitative estimate of drug-likeness (QED) is 0.571. The Hall–Kier alpha value is -1.69. The summed E-state index contributed by atoms with van der Waals surface area (Å²) in [5.74, 6) is 0.0264. The number of rotatable bonds is 3. The first-order chi connectivity index (χ1) is 6.75. The monoisotopic (exact) mass is 193 g/mol. The van der Waals surface area contributed by atoms with Crippen LogP contribution in [0.25, 0.3) is 0 Å². The molecule has 2 heterocycles. The zero-order valence-electron chi connectivity index (χ0n) is 7.58. The molecular weight excluding hydrogens is 182 g/mol. The van der Waals surface area contributed by atoms with Crippen molar-refractivity contribution in [1.29, 1.82) is 0 Å². The minimum absolute atomic E-state index is 0.0617. The van der Waals surface area contributed by atoms with Crippen LogP contribution in [0.2, 0.25) is 0 Å². The van der Waals surface area contributed by atoms with Gasteiger partial charge in [-0.3, -0.25) is 4.79 Å². The normalized spacial score (nSPS) is 13.7. The predicted molar refractivity (Wildman–Crippen MR) is 50.3 cm³/mol. The molecule has 1 aromatic rings. The molecule has 0 bridgehead atoms. The fraction of sp³-hybridized carbons (Fsp3) is 0.375. The maximum Gasteiger partial charge on any atom is 0.236 e. The van der Waals surface area contributed by atoms with Gasteiger partial charge in [0.2, 0.25) is 11.9 Å². The van der Waals surface area contributed by atoms with E-state index < -0.39 is 5.91 Å². The van der Waals surface area contributed by atoms with Crippen LogP contribution >= 0.6 is 0 Å². The topological polar surface area (TPSA) is 92.9 Å². The Morgan fingerprint density at radius 3 is 3.29 bits per heavy atom. The molecule has 1 aliphatic heterocycles. The van der Waals surface area contributed by atoms with E-state index in [4.69, 9.17) is 5.73 Å². The third-order valence-electron chi connectivity index (χ3n) is 1.98. The number of hydrogen-bond acceptors (Lipinski definition) is 5. The van der Waals surface area contributed by atoms with Gasteiger partial charge in [-0.2, -0.15) is 0 Å². The Morgan fingerprint density at radius 1 is 1.64 bits per heavy atom. The van der Waals surface area contributed by atoms with Gasteiger partial charge in [-0.15, -0.1) is 0 Å². The second-order valence-corrected chi connectivity index (χ2v) is 3.09. The smallest absolute Gasteiger partial charge is 0.236 e. The minimum atomic E-state index is -0.424. The van der Waals surface area contributed by atoms with E-state index in [0.29, 0.717) is 5.95 Å². The first kappa shape index (κ1) is 8.89. The maximum atomic E-state index is 10.5. The summed E-state index contributed by atoms with van der Waals surface area (Å²) in [7, 11) is 0. The van der Waals surface area contributed by atoms with E-state index in [1.165, 1.54) is 0 Å². The Balaban J connectivity index is 2.09. The highest BCUT2D eigenvalue weighted by molar-refractivity contribution is 5.78. The van der Waals surface area contributed by atoms with Gasteiger partial charge in [0, 0.05) is 24.8 Å². The number of carbonyl (C=O) groups is 1. The Labute approximate surface area is 80.9 Å². The lowest BCUT2D eigenvalue weighted by atomic mass is 10.3. The molecule has 4 N–H and O–H groups in total. The van der Waals surface area contributed by atoms with Crippen molar-refractivity contribution >= 4 is 11.9 Å². The highest BCUT2D eigenvalue weighted by Crippen LogP contribution is 2.12. The molecule has 14 heavy (non-hydrogen) atoms. The third-order valence-corrected chi connectivity index (χ3v) is 1.98. The number of aromatic nitrogens is 2. The van der Waals surface area contributed by atoms with E-state index in [0.717, 1.165) is 24.3 Å². The van der Waals surface area contributed by atoms with E-state index in [9.17, 15) is 4.79 Å². The molecule has 1 amide bonds. The average Bonchev–Trinajstić information content (AvgIpc) is 2.61. The SMILES string of the molecule is NC(=O)CNc1ncc2c(n1)CNC2. The number of primary amides is 1. The van der Waals surface area contributed by atoms with E-state index >= 15 is 0 Å². The Bertz CT molecular complexity index is 365. The van der Waals surface area contributed by atoms with Gasteiger partial charge in [0.1, 0.15) is 0 Å². The van der Waals surface area contributed by atoms with Crippen LogP contribution in [0, 0.1) is 0 Å². The third kappa shape index (κ3) is 1.80. The fourth-order valence-electron chi connectivity index (χ4n) is 1.31. The van der Waals surface area contributed by atoms with Crippen molar-refractivity contribution in [3.8, 4) is 0 Å². The van der Waals surface area contributed by atoms with Crippen LogP contribution in [-0.4, -0.2) is 22.4 Å². The Kier molecular flexibility index (Phi) is 2.28. The number of nitrogens with one attached hydrogen (secondary N) is 2. The number of nitrogens with zero attached hydrogens (tertiary/aromatic N) is 2. The Morgan fingerprint density at radius 2 is 2.50 bits per heavy atom. The average molecular weight is 193 g/mol. The molecule has 0 saturated heterocycles. The fourth-order valence-corrected chi connectivity index (χ4v) is 1.31. The molecule has 1 aromatic heterocycles. The molecule has 0 radical (unpaired) electrons. The minimum Gasteiger partial charge on any atom is -0.368 e. The first-order valence-electron chi connectivity index (χ1n) is 4.33. The van der Waals surface area contributed by atoms with Gasteiger partial charge in [0.05, 0.1) is 12.2 Å². The molecule has 0 fully saturated rings. The maximum absolute atomic E-state index is 10.5. The van der Waals surface area contributed by atoms with Crippen molar-refractivity contribution < 1.29 is 4.79 Å². The van der Waals surface area contributed by atoms with Crippen LogP contribution in [0.5, 0.6) is 0 Å². The number of hydrogen-bond donors (Lipinski definition) is 3. The van der Waals surface area contributed by atoms with Crippen molar-refractivity contribution in [2.24, 2.45) is 5.73 Å². The molecule has 0 aromatic carbocycles. The van der Waals surface area contributed by atoms with Gasteiger partial charge in [-0.1, -0.05) is 0 Å². The number of nitrogens with two attached hydrogens (primary N) is 1. The van der Waals surface area contributed by atoms with Crippen LogP contribution in [0.4, 0.5) is 5.95 Å². The summed E-state index contributed by atoms with van der Waals surface area (Å²) < 4.78 is 0. The molecule has 6 nitrogen and oxygen atoms in total. The number of amides is 1. The summed E-state index contributed by atoms with van der Waals surface area (Å²) in [5, 5.41) is 5.91. The molecule has 0 atom stereocenters. The molecule has 1 aliphatic rings. The molecule has 74 valence electrons. The standard InChI is InChI=1S/C8H11N5O/c9-7(14)4-12-8-11-2-5-1-10-3-6(5)13-8/h2,10H,1,3-4H2,(H2,9,14)(H,11,12,13). The van der Waals surface area contributed by atoms with E-state index in [1.54, 1.807) is 6.20 Å². The van der Waals surface area contributed by atoms with Crippen molar-refractivity contribution in [3.05, 3.63) is 17.5 Å². The lowest BCUT2D eigenvalue weighted by molar-refractivity contribution is -0.116. The number of fused-ring (bicyclic) bond motifs is 1. The zero-order valence-corrected chi connectivity index (χ0v) is 7.58. The summed E-state index contributed by atoms with van der Waals surface area (Å²) in [6.07, 6.45) is 1.76. The largest absolute Gasteiger partial charge is 0.368 e. The second-order valence-electron chi connectivity index (χ2n) is 3.09. The van der Waals surface area contributed by atoms with Crippen LogP contribution in [0.1, 0.15) is 11.3 Å². The molecular formula is C8H11N5O. The number of carbonyl (C=O) groups excluding carboxylic acids is 1. The highest BCUT2D eigenvalue weighted by atomic mass is 16.1. The molecule has 2 rings (SSSR count). The molecule has 0 spiro atoms. The van der Waals surface area contributed by atoms with Crippen molar-refractivity contribution in [3.63, 3.8) is 0 Å². The second kappa shape index (κ2) is 3.59. The van der Waals surface area contributed by atoms with Crippen molar-refractivity contribution in [1.82, 2.24) is 15.3 Å². The predicted octanol–water partition coefficient (Wildman–Crippen LogP) is -1.02. The lowest BCUT2D eigenvalue weighted by Crippen LogP contribution is -2.22. The van der Waals surface area contributed by atoms with Crippen LogP contribution in [0.15, 0.2) is 6.20 Å². The van der Waals surface area contributed by atoms with Crippen LogP contribution < -0.4 is 16.4 Å². The van der Waals surface area contributed by atoms with E-state index in [-0.39, 0.29) is 6.54 Å². The molecule has 0 saturated carbocycles. The number of anilines is 1. The van der Waals surface area contributed by atoms with Gasteiger partial charge >= 0.3 is 0 Å². The lowest BCUT2D eigenvalue weighted by Gasteiger charge is -2.03. The highest BCUT2D eigenvalue weighted by Gasteiger charge is 2.12. The van der Waals surface area contributed by atoms with Crippen LogP contribution in [-0.2, 0) is 17.9 Å². The first-order valence-corrected chi connectivity index (χ1v) is 4.33. The van der Waals surface area contributed by atoms with Gasteiger partial charge in [-0.25, -0.2) is 9.97 Å². The zero-order chi connectivity index (χ0) is 9.97. The molecule has 6 heteroatoms. The summed E-state index contributed by atoms with van der Waals surface area (Å²) >= 11 is 0. The van der Waals surface area contributed by atoms with E-state index in [1.807, 2.05) is 0 Å². The van der Waals surface area contributed by atoms with Gasteiger partial charge in [0.25, 0.3) is 0 Å². The van der Waals surface area contributed by atoms with Gasteiger partial charge < -0.3 is 16.4 Å². The van der Waals surface area contributed by atoms with Crippen LogP contribution in [0.3, 0.4) is 0 Å². The summed E-state index contributed by atoms with van der Waals surface area (Å²) in [6.45, 7) is 1.63. The molecule has 0 unspecified atom stereocenters. The summed E-state index contributed by atoms with van der Waals surface area (Å²) in [6, 6.07) is 0. The van der Waals surface area contributed by atoms with Crippen molar-refractivity contribution in [2.45, 2.75) is 13.1 Å². The van der Waals surface area contributed by atoms with Crippen molar-refractivity contribution in [2.75, 3.05) is 11.9 Å². The van der Waals surface area contributed by atoms with E-state index in [2.05, 4.69) is 20.6 Å². The molecule has 0 aliphatic carbocycles.